The maximum atomic E-state index is 6.13. The van der Waals surface area contributed by atoms with Crippen LogP contribution in [0.4, 0.5) is 0 Å². The van der Waals surface area contributed by atoms with Gasteiger partial charge in [-0.05, 0) is 18.2 Å². The predicted octanol–water partition coefficient (Wildman–Crippen LogP) is 2.31. The number of benzene rings is 1. The molecule has 2 rings (SSSR count). The number of H-pyrrole nitrogens is 1. The number of hydrogen-bond donors (Lipinski definition) is 2. The Labute approximate surface area is 105 Å². The second-order valence-corrected chi connectivity index (χ2v) is 4.17. The van der Waals surface area contributed by atoms with E-state index in [-0.39, 0.29) is 6.04 Å². The average molecular weight is 252 g/mol. The first-order valence-electron chi connectivity index (χ1n) is 5.28. The second-order valence-electron chi connectivity index (χ2n) is 3.73. The summed E-state index contributed by atoms with van der Waals surface area (Å²) in [6, 6.07) is 5.23. The molecule has 90 valence electrons. The molecule has 0 saturated heterocycles. The molecule has 4 nitrogen and oxygen atoms in total. The molecule has 3 N–H and O–H groups in total. The predicted molar refractivity (Wildman–Crippen MR) is 67.2 cm³/mol. The standard InChI is InChI=1S/C12H14ClN3O/c1-17-11-3-2-8(13)6-9(11)10(14)7-12-15-4-5-16-12/h2-6,10H,7,14H2,1H3,(H,15,16). The minimum Gasteiger partial charge on any atom is -0.496 e. The zero-order valence-electron chi connectivity index (χ0n) is 9.48. The van der Waals surface area contributed by atoms with Crippen LogP contribution in [0.3, 0.4) is 0 Å². The lowest BCUT2D eigenvalue weighted by Crippen LogP contribution is -2.15. The van der Waals surface area contributed by atoms with Crippen LogP contribution >= 0.6 is 11.6 Å². The molecular weight excluding hydrogens is 238 g/mol. The molecule has 5 heteroatoms. The number of imidazole rings is 1. The minimum absolute atomic E-state index is 0.199. The van der Waals surface area contributed by atoms with Crippen LogP contribution in [-0.4, -0.2) is 17.1 Å². The van der Waals surface area contributed by atoms with Gasteiger partial charge in [-0.15, -0.1) is 0 Å². The van der Waals surface area contributed by atoms with Crippen molar-refractivity contribution in [3.05, 3.63) is 47.0 Å². The summed E-state index contributed by atoms with van der Waals surface area (Å²) in [7, 11) is 1.62. The largest absolute Gasteiger partial charge is 0.496 e. The fraction of sp³-hybridized carbons (Fsp3) is 0.250. The molecule has 0 aliphatic heterocycles. The van der Waals surface area contributed by atoms with Gasteiger partial charge < -0.3 is 15.5 Å². The van der Waals surface area contributed by atoms with Crippen LogP contribution in [0.2, 0.25) is 5.02 Å². The molecule has 17 heavy (non-hydrogen) atoms. The van der Waals surface area contributed by atoms with Gasteiger partial charge in [-0.3, -0.25) is 0 Å². The molecule has 0 radical (unpaired) electrons. The quantitative estimate of drug-likeness (QED) is 0.877. The Morgan fingerprint density at radius 1 is 1.53 bits per heavy atom. The van der Waals surface area contributed by atoms with E-state index in [2.05, 4.69) is 9.97 Å². The maximum absolute atomic E-state index is 6.13. The van der Waals surface area contributed by atoms with Crippen molar-refractivity contribution in [2.24, 2.45) is 5.73 Å². The Morgan fingerprint density at radius 3 is 3.00 bits per heavy atom. The van der Waals surface area contributed by atoms with Gasteiger partial charge in [0.2, 0.25) is 0 Å². The number of nitrogens with two attached hydrogens (primary N) is 1. The van der Waals surface area contributed by atoms with E-state index in [0.717, 1.165) is 17.1 Å². The summed E-state index contributed by atoms with van der Waals surface area (Å²) in [6.45, 7) is 0. The van der Waals surface area contributed by atoms with Crippen molar-refractivity contribution in [1.29, 1.82) is 0 Å². The molecule has 0 aliphatic rings. The monoisotopic (exact) mass is 251 g/mol. The van der Waals surface area contributed by atoms with Gasteiger partial charge >= 0.3 is 0 Å². The first-order valence-corrected chi connectivity index (χ1v) is 5.65. The molecule has 0 fully saturated rings. The van der Waals surface area contributed by atoms with Crippen LogP contribution in [0.25, 0.3) is 0 Å². The van der Waals surface area contributed by atoms with Gasteiger partial charge in [0.05, 0.1) is 7.11 Å². The molecule has 1 aromatic heterocycles. The highest BCUT2D eigenvalue weighted by molar-refractivity contribution is 6.30. The van der Waals surface area contributed by atoms with Crippen molar-refractivity contribution in [3.8, 4) is 5.75 Å². The molecular formula is C12H14ClN3O. The average Bonchev–Trinajstić information content (AvgIpc) is 2.81. The van der Waals surface area contributed by atoms with Gasteiger partial charge in [0, 0.05) is 35.4 Å². The second kappa shape index (κ2) is 5.21. The summed E-state index contributed by atoms with van der Waals surface area (Å²) < 4.78 is 5.27. The first kappa shape index (κ1) is 12.0. The Bertz CT molecular complexity index is 485. The SMILES string of the molecule is COc1ccc(Cl)cc1C(N)Cc1ncc[nH]1. The number of nitrogens with zero attached hydrogens (tertiary/aromatic N) is 1. The molecule has 0 aliphatic carbocycles. The van der Waals surface area contributed by atoms with Crippen LogP contribution < -0.4 is 10.5 Å². The van der Waals surface area contributed by atoms with Crippen molar-refractivity contribution in [3.63, 3.8) is 0 Å². The number of ether oxygens (including phenoxy) is 1. The smallest absolute Gasteiger partial charge is 0.123 e. The number of halogens is 1. The lowest BCUT2D eigenvalue weighted by molar-refractivity contribution is 0.405. The van der Waals surface area contributed by atoms with E-state index in [9.17, 15) is 0 Å². The molecule has 1 aromatic carbocycles. The molecule has 1 heterocycles. The van der Waals surface area contributed by atoms with E-state index in [1.54, 1.807) is 25.6 Å². The van der Waals surface area contributed by atoms with Crippen molar-refractivity contribution < 1.29 is 4.74 Å². The summed E-state index contributed by atoms with van der Waals surface area (Å²) >= 11 is 5.97. The van der Waals surface area contributed by atoms with Gasteiger partial charge in [0.1, 0.15) is 11.6 Å². The van der Waals surface area contributed by atoms with Crippen molar-refractivity contribution in [1.82, 2.24) is 9.97 Å². The fourth-order valence-corrected chi connectivity index (χ4v) is 1.90. The van der Waals surface area contributed by atoms with E-state index < -0.39 is 0 Å². The third kappa shape index (κ3) is 2.78. The third-order valence-corrected chi connectivity index (χ3v) is 2.79. The van der Waals surface area contributed by atoms with Crippen LogP contribution in [0.5, 0.6) is 5.75 Å². The van der Waals surface area contributed by atoms with Crippen molar-refractivity contribution >= 4 is 11.6 Å². The van der Waals surface area contributed by atoms with Gasteiger partial charge in [-0.25, -0.2) is 4.98 Å². The van der Waals surface area contributed by atoms with E-state index in [4.69, 9.17) is 22.1 Å². The number of nitrogens with one attached hydrogen (secondary N) is 1. The van der Waals surface area contributed by atoms with Crippen molar-refractivity contribution in [2.45, 2.75) is 12.5 Å². The van der Waals surface area contributed by atoms with Gasteiger partial charge in [-0.2, -0.15) is 0 Å². The van der Waals surface area contributed by atoms with Crippen LogP contribution in [-0.2, 0) is 6.42 Å². The number of aromatic amines is 1. The third-order valence-electron chi connectivity index (χ3n) is 2.56. The summed E-state index contributed by atoms with van der Waals surface area (Å²) in [5, 5.41) is 0.649. The first-order chi connectivity index (χ1) is 8.20. The Hall–Kier alpha value is -1.52. The molecule has 1 unspecified atom stereocenters. The molecule has 1 atom stereocenters. The van der Waals surface area contributed by atoms with Crippen LogP contribution in [0.1, 0.15) is 17.4 Å². The molecule has 0 amide bonds. The summed E-state index contributed by atoms with van der Waals surface area (Å²) in [5.74, 6) is 1.59. The van der Waals surface area contributed by atoms with E-state index in [0.29, 0.717) is 11.4 Å². The zero-order valence-corrected chi connectivity index (χ0v) is 10.2. The molecule has 0 bridgehead atoms. The number of hydrogen-bond acceptors (Lipinski definition) is 3. The summed E-state index contributed by atoms with van der Waals surface area (Å²) in [4.78, 5) is 7.18. The van der Waals surface area contributed by atoms with Crippen LogP contribution in [0.15, 0.2) is 30.6 Å². The zero-order chi connectivity index (χ0) is 12.3. The van der Waals surface area contributed by atoms with Gasteiger partial charge in [0.25, 0.3) is 0 Å². The fourth-order valence-electron chi connectivity index (χ4n) is 1.72. The summed E-state index contributed by atoms with van der Waals surface area (Å²) in [6.07, 6.45) is 4.10. The lowest BCUT2D eigenvalue weighted by atomic mass is 10.0. The highest BCUT2D eigenvalue weighted by Crippen LogP contribution is 2.28. The molecule has 0 saturated carbocycles. The highest BCUT2D eigenvalue weighted by atomic mass is 35.5. The summed E-state index contributed by atoms with van der Waals surface area (Å²) in [5.41, 5.74) is 7.02. The highest BCUT2D eigenvalue weighted by Gasteiger charge is 2.14. The van der Waals surface area contributed by atoms with E-state index in [1.165, 1.54) is 0 Å². The Kier molecular flexibility index (Phi) is 3.66. The van der Waals surface area contributed by atoms with E-state index in [1.807, 2.05) is 12.1 Å². The van der Waals surface area contributed by atoms with Crippen LogP contribution in [0, 0.1) is 0 Å². The number of methoxy groups -OCH3 is 1. The molecule has 0 spiro atoms. The lowest BCUT2D eigenvalue weighted by Gasteiger charge is -2.15. The minimum atomic E-state index is -0.199. The topological polar surface area (TPSA) is 63.9 Å². The normalized spacial score (nSPS) is 12.4. The van der Waals surface area contributed by atoms with E-state index >= 15 is 0 Å². The molecule has 2 aromatic rings. The number of aromatic nitrogens is 2. The van der Waals surface area contributed by atoms with Gasteiger partial charge in [-0.1, -0.05) is 11.6 Å². The maximum Gasteiger partial charge on any atom is 0.123 e. The van der Waals surface area contributed by atoms with Gasteiger partial charge in [0.15, 0.2) is 0 Å². The Morgan fingerprint density at radius 2 is 2.35 bits per heavy atom. The van der Waals surface area contributed by atoms with Crippen molar-refractivity contribution in [2.75, 3.05) is 7.11 Å². The Balaban J connectivity index is 2.23. The number of rotatable bonds is 4.